The lowest BCUT2D eigenvalue weighted by Gasteiger charge is -2.28. The summed E-state index contributed by atoms with van der Waals surface area (Å²) >= 11 is 0. The zero-order valence-corrected chi connectivity index (χ0v) is 31.5. The van der Waals surface area contributed by atoms with Gasteiger partial charge in [-0.15, -0.1) is 0 Å². The smallest absolute Gasteiger partial charge is 0.143 e. The molecule has 276 valence electrons. The largest absolute Gasteiger partial charge is 0.455 e. The van der Waals surface area contributed by atoms with Gasteiger partial charge in [-0.1, -0.05) is 139 Å². The molecule has 0 saturated carbocycles. The number of benzene rings is 10. The van der Waals surface area contributed by atoms with Gasteiger partial charge in [-0.25, -0.2) is 0 Å². The molecule has 0 unspecified atom stereocenters. The van der Waals surface area contributed by atoms with E-state index in [1.807, 2.05) is 146 Å². The number of nitrogens with zero attached hydrogens (tertiary/aromatic N) is 2. The fourth-order valence-electron chi connectivity index (χ4n) is 8.53. The molecule has 0 aliphatic rings. The molecule has 0 aliphatic heterocycles. The maximum Gasteiger partial charge on any atom is 0.143 e. The Kier molecular flexibility index (Phi) is 5.92. The lowest BCUT2D eigenvalue weighted by Crippen LogP contribution is -2.11. The molecule has 0 spiro atoms. The number of rotatable bonds is 6. The van der Waals surface area contributed by atoms with Crippen LogP contribution in [0.15, 0.2) is 223 Å². The quantitative estimate of drug-likeness (QED) is 0.168. The number of hydrogen-bond donors (Lipinski definition) is 0. The average Bonchev–Trinajstić information content (AvgIpc) is 3.91. The highest BCUT2D eigenvalue weighted by Gasteiger charge is 2.20. The molecule has 0 bridgehead atoms. The van der Waals surface area contributed by atoms with Crippen LogP contribution in [0.1, 0.15) is 11.0 Å². The molecule has 59 heavy (non-hydrogen) atoms. The summed E-state index contributed by atoms with van der Waals surface area (Å²) in [5, 5.41) is 7.40. The van der Waals surface area contributed by atoms with E-state index >= 15 is 0 Å². The Balaban J connectivity index is 1.13. The summed E-state index contributed by atoms with van der Waals surface area (Å²) in [5.41, 5.74) is 4.65. The molecule has 0 fully saturated rings. The van der Waals surface area contributed by atoms with Gasteiger partial charge in [-0.3, -0.25) is 0 Å². The first-order valence-corrected chi connectivity index (χ1v) is 19.5. The van der Waals surface area contributed by atoms with E-state index in [1.54, 1.807) is 22.8 Å². The third kappa shape index (κ3) is 5.44. The van der Waals surface area contributed by atoms with Crippen LogP contribution in [-0.2, 0) is 0 Å². The van der Waals surface area contributed by atoms with Crippen molar-refractivity contribution in [3.63, 3.8) is 0 Å². The van der Waals surface area contributed by atoms with E-state index in [1.165, 1.54) is 4.90 Å². The van der Waals surface area contributed by atoms with Gasteiger partial charge in [-0.2, -0.15) is 0 Å². The van der Waals surface area contributed by atoms with Gasteiger partial charge in [0.25, 0.3) is 0 Å². The summed E-state index contributed by atoms with van der Waals surface area (Å²) in [5.74, 6) is 0. The van der Waals surface area contributed by atoms with Crippen molar-refractivity contribution in [2.45, 2.75) is 0 Å². The summed E-state index contributed by atoms with van der Waals surface area (Å²) in [7, 11) is 0. The second-order valence-corrected chi connectivity index (χ2v) is 14.7. The van der Waals surface area contributed by atoms with Crippen molar-refractivity contribution in [2.75, 3.05) is 4.90 Å². The minimum absolute atomic E-state index is 0.0420. The predicted molar refractivity (Wildman–Crippen MR) is 249 cm³/mol. The van der Waals surface area contributed by atoms with Gasteiger partial charge >= 0.3 is 0 Å². The number of aromatic nitrogens is 1. The van der Waals surface area contributed by atoms with Crippen molar-refractivity contribution < 1.29 is 15.4 Å². The molecule has 12 rings (SSSR count). The zero-order chi connectivity index (χ0) is 45.8. The van der Waals surface area contributed by atoms with Gasteiger partial charge in [0, 0.05) is 49.6 Å². The van der Waals surface area contributed by atoms with Crippen molar-refractivity contribution in [1.29, 1.82) is 0 Å². The molecule has 12 aromatic rings. The first-order chi connectivity index (χ1) is 32.6. The topological polar surface area (TPSA) is 21.3 Å². The molecular formula is C56H36N2O. The van der Waals surface area contributed by atoms with Gasteiger partial charge in [0.2, 0.25) is 0 Å². The van der Waals surface area contributed by atoms with E-state index in [2.05, 4.69) is 6.07 Å². The number of furan rings is 1. The van der Waals surface area contributed by atoms with Crippen molar-refractivity contribution in [3.8, 4) is 27.9 Å². The Morgan fingerprint density at radius 3 is 1.76 bits per heavy atom. The monoisotopic (exact) mass is 760 g/mol. The molecule has 0 radical (unpaired) electrons. The average molecular weight is 761 g/mol. The Hall–Kier alpha value is -7.88. The normalized spacial score (nSPS) is 13.6. The van der Waals surface area contributed by atoms with E-state index in [-0.39, 0.29) is 46.8 Å². The first-order valence-electron chi connectivity index (χ1n) is 23.5. The van der Waals surface area contributed by atoms with E-state index in [9.17, 15) is 11.0 Å². The number of hydrogen-bond acceptors (Lipinski definition) is 2. The van der Waals surface area contributed by atoms with Crippen LogP contribution >= 0.6 is 0 Å². The number of fused-ring (bicyclic) bond motifs is 9. The first kappa shape index (κ1) is 26.1. The van der Waals surface area contributed by atoms with Gasteiger partial charge in [0.05, 0.1) is 27.7 Å². The number of anilines is 3. The lowest BCUT2D eigenvalue weighted by atomic mass is 9.98. The van der Waals surface area contributed by atoms with E-state index < -0.39 is 24.2 Å². The Bertz CT molecular complexity index is 3950. The maximum absolute atomic E-state index is 9.87. The van der Waals surface area contributed by atoms with Crippen LogP contribution in [0.2, 0.25) is 0 Å². The molecular weight excluding hydrogens is 717 g/mol. The fraction of sp³-hybridized carbons (Fsp3) is 0. The summed E-state index contributed by atoms with van der Waals surface area (Å²) in [6.45, 7) is 0. The van der Waals surface area contributed by atoms with E-state index in [0.717, 1.165) is 48.7 Å². The van der Waals surface area contributed by atoms with Crippen LogP contribution in [0.5, 0.6) is 0 Å². The maximum atomic E-state index is 9.87. The van der Waals surface area contributed by atoms with Crippen molar-refractivity contribution in [2.24, 2.45) is 0 Å². The van der Waals surface area contributed by atoms with Gasteiger partial charge in [0.1, 0.15) is 11.2 Å². The van der Waals surface area contributed by atoms with Crippen molar-refractivity contribution in [1.82, 2.24) is 4.57 Å². The summed E-state index contributed by atoms with van der Waals surface area (Å²) in [4.78, 5) is 1.39. The second-order valence-electron chi connectivity index (χ2n) is 14.7. The predicted octanol–water partition coefficient (Wildman–Crippen LogP) is 15.8. The van der Waals surface area contributed by atoms with Crippen molar-refractivity contribution >= 4 is 82.4 Å². The van der Waals surface area contributed by atoms with Crippen LogP contribution in [0.25, 0.3) is 93.2 Å². The van der Waals surface area contributed by atoms with E-state index in [0.29, 0.717) is 39.0 Å². The van der Waals surface area contributed by atoms with Crippen LogP contribution in [0.3, 0.4) is 0 Å². The Morgan fingerprint density at radius 2 is 1.00 bits per heavy atom. The Labute approximate surface area is 352 Å². The van der Waals surface area contributed by atoms with Crippen LogP contribution in [-0.4, -0.2) is 4.57 Å². The summed E-state index contributed by atoms with van der Waals surface area (Å²) in [6, 6.07) is 50.7. The highest BCUT2D eigenvalue weighted by atomic mass is 16.3. The van der Waals surface area contributed by atoms with Crippen LogP contribution < -0.4 is 4.90 Å². The molecule has 0 atom stereocenters. The van der Waals surface area contributed by atoms with Crippen molar-refractivity contribution in [3.05, 3.63) is 218 Å². The van der Waals surface area contributed by atoms with Gasteiger partial charge in [-0.05, 0) is 112 Å². The summed E-state index contributed by atoms with van der Waals surface area (Å²) < 4.78 is 86.0. The highest BCUT2D eigenvalue weighted by molar-refractivity contribution is 6.16. The molecule has 10 aromatic carbocycles. The highest BCUT2D eigenvalue weighted by Crippen LogP contribution is 2.44. The molecule has 2 heterocycles. The SMILES string of the molecule is [2H]c1c([2H])c(N(c2ccccc2-c2ccc3oc4c5ccccc5ccc4c3c2)c2c([2H])c([2H])c(-n3c4ccccc4c4ccccc43)c([2H])c2[2H])c([2H])c([2H])c1-c1ccc2ccccc2c1. The standard InChI is InChI=1S/C56H36N2O/c1-2-13-40-35-41(22-21-37(40)11-1)38-23-27-43(28-24-38)57(44-29-31-45(32-30-44)58-53-19-9-6-16-48(53)49-17-7-10-20-54(49)58)52-18-8-5-14-46(52)42-26-34-55-51(36-42)50-33-25-39-12-3-4-15-47(39)56(50)59-55/h1-36H/i23D,24D,27D,28D,29D,30D,31D,32D. The number of para-hydroxylation sites is 3. The third-order valence-electron chi connectivity index (χ3n) is 11.3. The zero-order valence-electron chi connectivity index (χ0n) is 39.5. The molecule has 0 aliphatic carbocycles. The lowest BCUT2D eigenvalue weighted by molar-refractivity contribution is 0.672. The third-order valence-corrected chi connectivity index (χ3v) is 11.3. The van der Waals surface area contributed by atoms with Crippen LogP contribution in [0.4, 0.5) is 17.1 Å². The Morgan fingerprint density at radius 1 is 0.407 bits per heavy atom. The van der Waals surface area contributed by atoms with Crippen LogP contribution in [0, 0.1) is 0 Å². The molecule has 3 heteroatoms. The second kappa shape index (κ2) is 13.4. The molecule has 0 saturated heterocycles. The van der Waals surface area contributed by atoms with Gasteiger partial charge < -0.3 is 13.9 Å². The molecule has 0 N–H and O–H groups in total. The van der Waals surface area contributed by atoms with E-state index in [4.69, 9.17) is 4.42 Å². The minimum Gasteiger partial charge on any atom is -0.455 e. The fourth-order valence-corrected chi connectivity index (χ4v) is 8.53. The molecule has 2 aromatic heterocycles. The molecule has 3 nitrogen and oxygen atoms in total. The molecule has 0 amide bonds. The minimum atomic E-state index is -0.425. The van der Waals surface area contributed by atoms with Gasteiger partial charge in [0.15, 0.2) is 0 Å². The summed E-state index contributed by atoms with van der Waals surface area (Å²) in [6.07, 6.45) is 0.